The molecule has 10 heteroatoms. The van der Waals surface area contributed by atoms with E-state index in [9.17, 15) is 28.3 Å². The molecule has 3 rings (SSSR count). The molecule has 30 heavy (non-hydrogen) atoms. The van der Waals surface area contributed by atoms with Gasteiger partial charge in [-0.1, -0.05) is 11.6 Å². The number of carbonyl (C=O) groups excluding carboxylic acids is 2. The highest BCUT2D eigenvalue weighted by atomic mass is 35.5. The fourth-order valence-corrected chi connectivity index (χ4v) is 3.55. The molecule has 0 atom stereocenters. The summed E-state index contributed by atoms with van der Waals surface area (Å²) < 4.78 is 33.5. The standard InChI is InChI=1S/C20H17ClF2N2O5/c1-30-6-5-25-17(10-7-11(22)9-12(23)8-10)19(21)24-16(20(25)29)18(28)15-13(26)3-2-4-14(15)27/h7-9,28H,2-6H2,1H3. The minimum absolute atomic E-state index is 0.0275. The van der Waals surface area contributed by atoms with Crippen molar-refractivity contribution < 1.29 is 28.2 Å². The second kappa shape index (κ2) is 8.85. The zero-order valence-electron chi connectivity index (χ0n) is 15.9. The molecule has 1 aliphatic rings. The molecule has 0 aliphatic heterocycles. The minimum Gasteiger partial charge on any atom is -0.505 e. The lowest BCUT2D eigenvalue weighted by Gasteiger charge is -2.17. The Kier molecular flexibility index (Phi) is 6.42. The van der Waals surface area contributed by atoms with Gasteiger partial charge >= 0.3 is 0 Å². The van der Waals surface area contributed by atoms with E-state index in [0.717, 1.165) is 16.7 Å². The smallest absolute Gasteiger partial charge is 0.280 e. The number of carbonyl (C=O) groups is 2. The number of hydrogen-bond donors (Lipinski definition) is 1. The van der Waals surface area contributed by atoms with Gasteiger partial charge in [0.05, 0.1) is 12.3 Å². The molecule has 1 saturated carbocycles. The third-order valence-corrected chi connectivity index (χ3v) is 4.87. The van der Waals surface area contributed by atoms with Crippen LogP contribution in [0, 0.1) is 11.6 Å². The maximum absolute atomic E-state index is 13.7. The average molecular weight is 439 g/mol. The number of benzene rings is 1. The number of ether oxygens (including phenoxy) is 1. The van der Waals surface area contributed by atoms with Crippen molar-refractivity contribution in [2.45, 2.75) is 25.8 Å². The van der Waals surface area contributed by atoms with Crippen LogP contribution in [0.1, 0.15) is 25.0 Å². The van der Waals surface area contributed by atoms with Crippen molar-refractivity contribution in [3.63, 3.8) is 0 Å². The van der Waals surface area contributed by atoms with E-state index in [1.807, 2.05) is 0 Å². The van der Waals surface area contributed by atoms with Crippen molar-refractivity contribution >= 4 is 28.9 Å². The molecule has 1 aromatic carbocycles. The van der Waals surface area contributed by atoms with Crippen LogP contribution in [-0.4, -0.2) is 39.9 Å². The molecule has 0 unspecified atom stereocenters. The van der Waals surface area contributed by atoms with Crippen molar-refractivity contribution in [3.8, 4) is 11.3 Å². The predicted octanol–water partition coefficient (Wildman–Crippen LogP) is 3.08. The van der Waals surface area contributed by atoms with Crippen LogP contribution in [0.2, 0.25) is 5.15 Å². The van der Waals surface area contributed by atoms with E-state index in [1.165, 1.54) is 7.11 Å². The van der Waals surface area contributed by atoms with Crippen molar-refractivity contribution in [3.05, 3.63) is 56.6 Å². The maximum Gasteiger partial charge on any atom is 0.280 e. The Morgan fingerprint density at radius 2 is 1.77 bits per heavy atom. The zero-order chi connectivity index (χ0) is 22.0. The Morgan fingerprint density at radius 1 is 1.17 bits per heavy atom. The van der Waals surface area contributed by atoms with Gasteiger partial charge < -0.3 is 14.4 Å². The lowest BCUT2D eigenvalue weighted by molar-refractivity contribution is -0.123. The molecule has 1 aromatic heterocycles. The van der Waals surface area contributed by atoms with Gasteiger partial charge in [0.1, 0.15) is 17.2 Å². The number of aliphatic hydroxyl groups is 1. The van der Waals surface area contributed by atoms with Gasteiger partial charge in [0.2, 0.25) is 0 Å². The molecular weight excluding hydrogens is 422 g/mol. The van der Waals surface area contributed by atoms with Gasteiger partial charge in [-0.3, -0.25) is 14.4 Å². The SMILES string of the molecule is COCCn1c(-c2cc(F)cc(F)c2)c(Cl)nc(C(O)=C2C(=O)CCCC2=O)c1=O. The fraction of sp³-hybridized carbons (Fsp3) is 0.300. The molecule has 7 nitrogen and oxygen atoms in total. The summed E-state index contributed by atoms with van der Waals surface area (Å²) in [6.07, 6.45) is 0.458. The molecule has 0 spiro atoms. The number of ketones is 2. The molecule has 0 saturated heterocycles. The monoisotopic (exact) mass is 438 g/mol. The number of nitrogens with zero attached hydrogens (tertiary/aromatic N) is 2. The minimum atomic E-state index is -0.896. The summed E-state index contributed by atoms with van der Waals surface area (Å²) in [5, 5.41) is 10.2. The third-order valence-electron chi connectivity index (χ3n) is 4.60. The molecule has 1 aliphatic carbocycles. The van der Waals surface area contributed by atoms with Crippen LogP contribution in [-0.2, 0) is 20.9 Å². The first-order valence-corrected chi connectivity index (χ1v) is 9.38. The van der Waals surface area contributed by atoms with Crippen molar-refractivity contribution in [2.75, 3.05) is 13.7 Å². The molecule has 158 valence electrons. The van der Waals surface area contributed by atoms with Gasteiger partial charge in [0.15, 0.2) is 28.2 Å². The highest BCUT2D eigenvalue weighted by molar-refractivity contribution is 6.32. The van der Waals surface area contributed by atoms with Crippen LogP contribution in [0.3, 0.4) is 0 Å². The third kappa shape index (κ3) is 4.17. The first-order chi connectivity index (χ1) is 14.2. The van der Waals surface area contributed by atoms with Crippen LogP contribution in [0.15, 0.2) is 28.6 Å². The number of aromatic nitrogens is 2. The normalized spacial score (nSPS) is 14.3. The van der Waals surface area contributed by atoms with Gasteiger partial charge in [-0.25, -0.2) is 13.8 Å². The van der Waals surface area contributed by atoms with E-state index in [0.29, 0.717) is 12.5 Å². The molecular formula is C20H17ClF2N2O5. The van der Waals surface area contributed by atoms with Crippen LogP contribution < -0.4 is 5.56 Å². The Bertz CT molecular complexity index is 1090. The lowest BCUT2D eigenvalue weighted by Crippen LogP contribution is -2.30. The molecule has 1 N–H and O–H groups in total. The first kappa shape index (κ1) is 21.8. The van der Waals surface area contributed by atoms with Gasteiger partial charge in [0.25, 0.3) is 5.56 Å². The van der Waals surface area contributed by atoms with Crippen molar-refractivity contribution in [1.82, 2.24) is 9.55 Å². The van der Waals surface area contributed by atoms with Crippen LogP contribution in [0.25, 0.3) is 17.0 Å². The van der Waals surface area contributed by atoms with Crippen LogP contribution in [0.5, 0.6) is 0 Å². The number of rotatable bonds is 5. The van der Waals surface area contributed by atoms with Crippen molar-refractivity contribution in [1.29, 1.82) is 0 Å². The van der Waals surface area contributed by atoms with Crippen molar-refractivity contribution in [2.24, 2.45) is 0 Å². The number of halogens is 3. The Labute approximate surface area is 174 Å². The second-order valence-electron chi connectivity index (χ2n) is 6.63. The molecule has 1 heterocycles. The largest absolute Gasteiger partial charge is 0.505 e. The molecule has 2 aromatic rings. The molecule has 1 fully saturated rings. The predicted molar refractivity (Wildman–Crippen MR) is 104 cm³/mol. The Hall–Kier alpha value is -2.91. The number of allylic oxidation sites excluding steroid dienone is 1. The van der Waals surface area contributed by atoms with E-state index in [1.54, 1.807) is 0 Å². The van der Waals surface area contributed by atoms with E-state index in [-0.39, 0.29) is 42.4 Å². The Morgan fingerprint density at radius 3 is 2.33 bits per heavy atom. The van der Waals surface area contributed by atoms with E-state index in [4.69, 9.17) is 16.3 Å². The average Bonchev–Trinajstić information content (AvgIpc) is 2.67. The molecule has 0 bridgehead atoms. The zero-order valence-corrected chi connectivity index (χ0v) is 16.6. The summed E-state index contributed by atoms with van der Waals surface area (Å²) in [6.45, 7) is -0.0672. The summed E-state index contributed by atoms with van der Waals surface area (Å²) in [5.74, 6) is -3.83. The van der Waals surface area contributed by atoms with E-state index < -0.39 is 45.8 Å². The van der Waals surface area contributed by atoms with Crippen LogP contribution >= 0.6 is 11.6 Å². The summed E-state index contributed by atoms with van der Waals surface area (Å²) in [7, 11) is 1.38. The van der Waals surface area contributed by atoms with Crippen LogP contribution in [0.4, 0.5) is 8.78 Å². The maximum atomic E-state index is 13.7. The van der Waals surface area contributed by atoms with E-state index in [2.05, 4.69) is 4.98 Å². The summed E-state index contributed by atoms with van der Waals surface area (Å²) in [5.41, 5.74) is -2.14. The summed E-state index contributed by atoms with van der Waals surface area (Å²) in [4.78, 5) is 41.2. The van der Waals surface area contributed by atoms with Gasteiger partial charge in [-0.05, 0) is 18.6 Å². The van der Waals surface area contributed by atoms with Gasteiger partial charge in [-0.2, -0.15) is 0 Å². The van der Waals surface area contributed by atoms with E-state index >= 15 is 0 Å². The number of Topliss-reactive ketones (excluding diaryl/α,β-unsaturated/α-hetero) is 2. The highest BCUT2D eigenvalue weighted by Gasteiger charge is 2.30. The first-order valence-electron chi connectivity index (χ1n) is 9.00. The Balaban J connectivity index is 2.28. The summed E-state index contributed by atoms with van der Waals surface area (Å²) >= 11 is 6.22. The summed E-state index contributed by atoms with van der Waals surface area (Å²) in [6, 6.07) is 2.61. The molecule has 0 radical (unpaired) electrons. The number of hydrogen-bond acceptors (Lipinski definition) is 6. The quantitative estimate of drug-likeness (QED) is 0.437. The topological polar surface area (TPSA) is 98.5 Å². The van der Waals surface area contributed by atoms with Gasteiger partial charge in [0, 0.05) is 38.1 Å². The lowest BCUT2D eigenvalue weighted by atomic mass is 9.90. The van der Waals surface area contributed by atoms with Gasteiger partial charge in [-0.15, -0.1) is 0 Å². The fourth-order valence-electron chi connectivity index (χ4n) is 3.25. The number of methoxy groups -OCH3 is 1. The highest BCUT2D eigenvalue weighted by Crippen LogP contribution is 2.29. The second-order valence-corrected chi connectivity index (χ2v) is 6.99. The number of aliphatic hydroxyl groups excluding tert-OH is 1. The molecule has 0 amide bonds.